The topological polar surface area (TPSA) is 29.5 Å². The van der Waals surface area contributed by atoms with Crippen LogP contribution in [0.25, 0.3) is 0 Å². The largest absolute Gasteiger partial charge is 0.488 e. The molecule has 1 atom stereocenters. The molecule has 0 saturated carbocycles. The Morgan fingerprint density at radius 2 is 1.95 bits per heavy atom. The van der Waals surface area contributed by atoms with Gasteiger partial charge in [0.2, 0.25) is 0 Å². The molecule has 0 aliphatic heterocycles. The highest BCUT2D eigenvalue weighted by Gasteiger charge is 2.10. The number of aryl methyl sites for hydroxylation is 1. The molecule has 19 heavy (non-hydrogen) atoms. The Morgan fingerprint density at radius 3 is 2.63 bits per heavy atom. The predicted molar refractivity (Wildman–Crippen MR) is 80.3 cm³/mol. The number of ether oxygens (including phenoxy) is 1. The van der Waals surface area contributed by atoms with Gasteiger partial charge in [-0.3, -0.25) is 0 Å². The Hall–Kier alpha value is -1.32. The van der Waals surface area contributed by atoms with Crippen LogP contribution in [0.3, 0.4) is 0 Å². The minimum absolute atomic E-state index is 0.477. The van der Waals surface area contributed by atoms with Gasteiger partial charge in [0, 0.05) is 15.6 Å². The maximum absolute atomic E-state index is 9.76. The summed E-state index contributed by atoms with van der Waals surface area (Å²) >= 11 is 3.50. The van der Waals surface area contributed by atoms with Gasteiger partial charge in [-0.05, 0) is 31.5 Å². The van der Waals surface area contributed by atoms with Gasteiger partial charge in [0.05, 0.1) is 6.10 Å². The van der Waals surface area contributed by atoms with E-state index in [1.807, 2.05) is 49.4 Å². The third-order valence-electron chi connectivity index (χ3n) is 2.96. The third kappa shape index (κ3) is 3.58. The first-order valence-corrected chi connectivity index (χ1v) is 7.02. The van der Waals surface area contributed by atoms with Gasteiger partial charge in [-0.25, -0.2) is 0 Å². The average Bonchev–Trinajstić information content (AvgIpc) is 2.37. The Kier molecular flexibility index (Phi) is 4.61. The van der Waals surface area contributed by atoms with Crippen LogP contribution >= 0.6 is 15.9 Å². The first-order chi connectivity index (χ1) is 9.08. The lowest BCUT2D eigenvalue weighted by Gasteiger charge is -2.14. The van der Waals surface area contributed by atoms with Crippen molar-refractivity contribution in [1.29, 1.82) is 0 Å². The zero-order valence-electron chi connectivity index (χ0n) is 11.1. The Balaban J connectivity index is 2.19. The van der Waals surface area contributed by atoms with Gasteiger partial charge in [-0.2, -0.15) is 0 Å². The minimum atomic E-state index is -0.533. The van der Waals surface area contributed by atoms with E-state index in [9.17, 15) is 5.11 Å². The molecule has 0 heterocycles. The number of aliphatic hydroxyl groups excluding tert-OH is 1. The van der Waals surface area contributed by atoms with Crippen LogP contribution in [-0.4, -0.2) is 5.11 Å². The maximum atomic E-state index is 9.76. The number of hydrogen-bond donors (Lipinski definition) is 1. The van der Waals surface area contributed by atoms with Gasteiger partial charge in [0.1, 0.15) is 12.4 Å². The summed E-state index contributed by atoms with van der Waals surface area (Å²) < 4.78 is 6.89. The predicted octanol–water partition coefficient (Wildman–Crippen LogP) is 4.39. The van der Waals surface area contributed by atoms with Gasteiger partial charge < -0.3 is 9.84 Å². The molecule has 3 heteroatoms. The normalized spacial score (nSPS) is 12.2. The Bertz CT molecular complexity index is 564. The summed E-state index contributed by atoms with van der Waals surface area (Å²) in [5.74, 6) is 0.741. The standard InChI is InChI=1S/C16H17BrO2/c1-11-7-8-14(12(2)18)16(9-11)19-10-13-5-3-4-6-15(13)17/h3-9,12,18H,10H2,1-2H3. The second-order valence-corrected chi connectivity index (χ2v) is 5.45. The molecule has 2 aromatic rings. The average molecular weight is 321 g/mol. The van der Waals surface area contributed by atoms with Gasteiger partial charge in [0.25, 0.3) is 0 Å². The van der Waals surface area contributed by atoms with Crippen LogP contribution in [-0.2, 0) is 6.61 Å². The number of halogens is 1. The van der Waals surface area contributed by atoms with Gasteiger partial charge in [-0.1, -0.05) is 46.3 Å². The highest BCUT2D eigenvalue weighted by molar-refractivity contribution is 9.10. The molecule has 0 saturated heterocycles. The monoisotopic (exact) mass is 320 g/mol. The molecule has 0 aliphatic rings. The van der Waals surface area contributed by atoms with Crippen LogP contribution in [0.5, 0.6) is 5.75 Å². The van der Waals surface area contributed by atoms with Gasteiger partial charge in [-0.15, -0.1) is 0 Å². The fourth-order valence-corrected chi connectivity index (χ4v) is 2.28. The van der Waals surface area contributed by atoms with Gasteiger partial charge >= 0.3 is 0 Å². The molecule has 0 fully saturated rings. The van der Waals surface area contributed by atoms with Crippen molar-refractivity contribution in [2.75, 3.05) is 0 Å². The molecule has 0 amide bonds. The lowest BCUT2D eigenvalue weighted by atomic mass is 10.1. The smallest absolute Gasteiger partial charge is 0.125 e. The molecule has 0 spiro atoms. The summed E-state index contributed by atoms with van der Waals surface area (Å²) in [5.41, 5.74) is 3.02. The third-order valence-corrected chi connectivity index (χ3v) is 3.73. The Morgan fingerprint density at radius 1 is 1.21 bits per heavy atom. The highest BCUT2D eigenvalue weighted by atomic mass is 79.9. The molecular formula is C16H17BrO2. The molecule has 2 rings (SSSR count). The summed E-state index contributed by atoms with van der Waals surface area (Å²) in [4.78, 5) is 0. The van der Waals surface area contributed by atoms with Crippen molar-refractivity contribution in [1.82, 2.24) is 0 Å². The molecule has 0 radical (unpaired) electrons. The minimum Gasteiger partial charge on any atom is -0.488 e. The fourth-order valence-electron chi connectivity index (χ4n) is 1.88. The van der Waals surface area contributed by atoms with Crippen molar-refractivity contribution in [3.05, 3.63) is 63.6 Å². The Labute approximate surface area is 122 Å². The van der Waals surface area contributed by atoms with Crippen LogP contribution in [0.2, 0.25) is 0 Å². The molecule has 2 nitrogen and oxygen atoms in total. The summed E-state index contributed by atoms with van der Waals surface area (Å²) in [6.07, 6.45) is -0.533. The van der Waals surface area contributed by atoms with E-state index in [1.54, 1.807) is 6.92 Å². The van der Waals surface area contributed by atoms with Crippen LogP contribution in [0.1, 0.15) is 29.7 Å². The quantitative estimate of drug-likeness (QED) is 0.905. The molecule has 1 unspecified atom stereocenters. The molecule has 100 valence electrons. The van der Waals surface area contributed by atoms with E-state index in [4.69, 9.17) is 4.74 Å². The number of benzene rings is 2. The summed E-state index contributed by atoms with van der Waals surface area (Å²) in [6.45, 7) is 4.23. The van der Waals surface area contributed by atoms with Crippen molar-refractivity contribution < 1.29 is 9.84 Å². The molecular weight excluding hydrogens is 304 g/mol. The van der Waals surface area contributed by atoms with Crippen LogP contribution in [0.15, 0.2) is 46.9 Å². The van der Waals surface area contributed by atoms with Crippen LogP contribution < -0.4 is 4.74 Å². The SMILES string of the molecule is Cc1ccc(C(C)O)c(OCc2ccccc2Br)c1. The lowest BCUT2D eigenvalue weighted by molar-refractivity contribution is 0.190. The summed E-state index contributed by atoms with van der Waals surface area (Å²) in [7, 11) is 0. The van der Waals surface area contributed by atoms with Crippen molar-refractivity contribution in [3.63, 3.8) is 0 Å². The van der Waals surface area contributed by atoms with E-state index in [1.165, 1.54) is 0 Å². The zero-order valence-corrected chi connectivity index (χ0v) is 12.6. The molecule has 1 N–H and O–H groups in total. The lowest BCUT2D eigenvalue weighted by Crippen LogP contribution is -2.02. The number of aliphatic hydroxyl groups is 1. The van der Waals surface area contributed by atoms with E-state index >= 15 is 0 Å². The number of hydrogen-bond acceptors (Lipinski definition) is 2. The van der Waals surface area contributed by atoms with Crippen molar-refractivity contribution in [2.24, 2.45) is 0 Å². The van der Waals surface area contributed by atoms with Gasteiger partial charge in [0.15, 0.2) is 0 Å². The van der Waals surface area contributed by atoms with Crippen molar-refractivity contribution >= 4 is 15.9 Å². The summed E-state index contributed by atoms with van der Waals surface area (Å²) in [5, 5.41) is 9.76. The number of rotatable bonds is 4. The van der Waals surface area contributed by atoms with Crippen molar-refractivity contribution in [2.45, 2.75) is 26.6 Å². The molecule has 0 aliphatic carbocycles. The maximum Gasteiger partial charge on any atom is 0.125 e. The van der Waals surface area contributed by atoms with E-state index in [-0.39, 0.29) is 0 Å². The first kappa shape index (κ1) is 14.1. The summed E-state index contributed by atoms with van der Waals surface area (Å²) in [6, 6.07) is 13.8. The van der Waals surface area contributed by atoms with E-state index in [2.05, 4.69) is 15.9 Å². The second-order valence-electron chi connectivity index (χ2n) is 4.60. The second kappa shape index (κ2) is 6.22. The van der Waals surface area contributed by atoms with Crippen molar-refractivity contribution in [3.8, 4) is 5.75 Å². The molecule has 0 aromatic heterocycles. The zero-order chi connectivity index (χ0) is 13.8. The molecule has 2 aromatic carbocycles. The first-order valence-electron chi connectivity index (χ1n) is 6.22. The highest BCUT2D eigenvalue weighted by Crippen LogP contribution is 2.27. The fraction of sp³-hybridized carbons (Fsp3) is 0.250. The van der Waals surface area contributed by atoms with E-state index in [0.29, 0.717) is 6.61 Å². The van der Waals surface area contributed by atoms with E-state index in [0.717, 1.165) is 26.9 Å². The van der Waals surface area contributed by atoms with Crippen LogP contribution in [0.4, 0.5) is 0 Å². The van der Waals surface area contributed by atoms with Crippen LogP contribution in [0, 0.1) is 6.92 Å². The molecule has 0 bridgehead atoms. The van der Waals surface area contributed by atoms with E-state index < -0.39 is 6.10 Å².